The highest BCUT2D eigenvalue weighted by Gasteiger charge is 2.27. The molecule has 0 aromatic heterocycles. The first-order chi connectivity index (χ1) is 8.75. The van der Waals surface area contributed by atoms with Crippen molar-refractivity contribution < 1.29 is 4.79 Å². The van der Waals surface area contributed by atoms with Gasteiger partial charge in [0.1, 0.15) is 0 Å². The highest BCUT2D eigenvalue weighted by molar-refractivity contribution is 8.00. The maximum atomic E-state index is 12.1. The molecule has 114 valence electrons. The second-order valence-electron chi connectivity index (χ2n) is 5.92. The van der Waals surface area contributed by atoms with Crippen molar-refractivity contribution in [3.8, 4) is 0 Å². The van der Waals surface area contributed by atoms with Gasteiger partial charge in [-0.2, -0.15) is 11.8 Å². The first-order valence-electron chi connectivity index (χ1n) is 7.36. The fourth-order valence-electron chi connectivity index (χ4n) is 1.82. The third kappa shape index (κ3) is 6.17. The molecule has 1 amide bonds. The van der Waals surface area contributed by atoms with Crippen LogP contribution in [0.3, 0.4) is 0 Å². The summed E-state index contributed by atoms with van der Waals surface area (Å²) >= 11 is 1.89. The molecule has 0 saturated carbocycles. The van der Waals surface area contributed by atoms with Gasteiger partial charge < -0.3 is 10.6 Å². The molecule has 3 nitrogen and oxygen atoms in total. The van der Waals surface area contributed by atoms with E-state index < -0.39 is 0 Å². The summed E-state index contributed by atoms with van der Waals surface area (Å²) in [4.78, 5) is 12.1. The number of carbonyl (C=O) groups excluding carboxylic acids is 1. The van der Waals surface area contributed by atoms with Crippen LogP contribution in [0.4, 0.5) is 0 Å². The molecule has 0 spiro atoms. The third-order valence-corrected chi connectivity index (χ3v) is 5.78. The molecule has 1 unspecified atom stereocenters. The molecule has 2 N–H and O–H groups in total. The highest BCUT2D eigenvalue weighted by atomic mass is 32.2. The van der Waals surface area contributed by atoms with Gasteiger partial charge >= 0.3 is 0 Å². The summed E-state index contributed by atoms with van der Waals surface area (Å²) in [5, 5.41) is 6.48. The highest BCUT2D eigenvalue weighted by Crippen LogP contribution is 2.29. The van der Waals surface area contributed by atoms with Crippen LogP contribution in [0, 0.1) is 0 Å². The van der Waals surface area contributed by atoms with Crippen molar-refractivity contribution in [2.24, 2.45) is 0 Å². The number of carbonyl (C=O) groups is 1. The Hall–Kier alpha value is -0.220. The second-order valence-corrected chi connectivity index (χ2v) is 7.20. The summed E-state index contributed by atoms with van der Waals surface area (Å²) in [7, 11) is 0. The Morgan fingerprint density at radius 3 is 2.05 bits per heavy atom. The van der Waals surface area contributed by atoms with Gasteiger partial charge in [0.25, 0.3) is 0 Å². The molecule has 0 aromatic rings. The third-order valence-electron chi connectivity index (χ3n) is 4.19. The fourth-order valence-corrected chi connectivity index (χ4v) is 2.63. The topological polar surface area (TPSA) is 41.1 Å². The average molecular weight is 289 g/mol. The molecule has 0 bridgehead atoms. The zero-order valence-electron chi connectivity index (χ0n) is 13.7. The van der Waals surface area contributed by atoms with Gasteiger partial charge in [-0.15, -0.1) is 0 Å². The number of rotatable bonds is 9. The predicted molar refractivity (Wildman–Crippen MR) is 86.8 cm³/mol. The number of hydrogen-bond donors (Lipinski definition) is 2. The van der Waals surface area contributed by atoms with Crippen molar-refractivity contribution in [2.45, 2.75) is 77.1 Å². The average Bonchev–Trinajstić information content (AvgIpc) is 2.40. The minimum Gasteiger partial charge on any atom is -0.350 e. The van der Waals surface area contributed by atoms with Crippen LogP contribution in [0.25, 0.3) is 0 Å². The second kappa shape index (κ2) is 8.15. The zero-order chi connectivity index (χ0) is 15.1. The van der Waals surface area contributed by atoms with Gasteiger partial charge in [0.05, 0.1) is 6.04 Å². The molecule has 0 aromatic carbocycles. The molecule has 0 heterocycles. The largest absolute Gasteiger partial charge is 0.350 e. The summed E-state index contributed by atoms with van der Waals surface area (Å²) in [5.41, 5.74) is -0.126. The van der Waals surface area contributed by atoms with Crippen molar-refractivity contribution in [1.29, 1.82) is 0 Å². The number of amides is 1. The van der Waals surface area contributed by atoms with E-state index in [1.807, 2.05) is 18.7 Å². The Morgan fingerprint density at radius 1 is 1.16 bits per heavy atom. The van der Waals surface area contributed by atoms with Crippen LogP contribution in [0.5, 0.6) is 0 Å². The van der Waals surface area contributed by atoms with Crippen LogP contribution in [0.15, 0.2) is 0 Å². The maximum absolute atomic E-state index is 12.1. The van der Waals surface area contributed by atoms with E-state index in [4.69, 9.17) is 0 Å². The van der Waals surface area contributed by atoms with Crippen LogP contribution >= 0.6 is 11.8 Å². The minimum absolute atomic E-state index is 0.0917. The quantitative estimate of drug-likeness (QED) is 0.684. The summed E-state index contributed by atoms with van der Waals surface area (Å²) in [6.45, 7) is 13.5. The fraction of sp³-hybridized carbons (Fsp3) is 0.933. The van der Waals surface area contributed by atoms with Crippen LogP contribution in [0.1, 0.15) is 60.8 Å². The van der Waals surface area contributed by atoms with Gasteiger partial charge in [0, 0.05) is 16.8 Å². The first-order valence-corrected chi connectivity index (χ1v) is 8.59. The summed E-state index contributed by atoms with van der Waals surface area (Å²) in [5.74, 6) is 0.0917. The van der Waals surface area contributed by atoms with E-state index in [2.05, 4.69) is 51.5 Å². The molecule has 0 fully saturated rings. The van der Waals surface area contributed by atoms with Crippen molar-refractivity contribution in [2.75, 3.05) is 12.8 Å². The molecule has 0 saturated heterocycles. The summed E-state index contributed by atoms with van der Waals surface area (Å²) < 4.78 is 0.245. The summed E-state index contributed by atoms with van der Waals surface area (Å²) in [6, 6.07) is -0.143. The van der Waals surface area contributed by atoms with E-state index in [0.29, 0.717) is 0 Å². The molecular formula is C15H32N2OS. The van der Waals surface area contributed by atoms with E-state index in [9.17, 15) is 4.79 Å². The van der Waals surface area contributed by atoms with E-state index in [1.54, 1.807) is 0 Å². The molecule has 1 atom stereocenters. The molecule has 0 aliphatic carbocycles. The summed E-state index contributed by atoms with van der Waals surface area (Å²) in [6.07, 6.45) is 5.32. The van der Waals surface area contributed by atoms with Crippen molar-refractivity contribution in [3.05, 3.63) is 0 Å². The van der Waals surface area contributed by atoms with Gasteiger partial charge in [-0.3, -0.25) is 4.79 Å². The van der Waals surface area contributed by atoms with E-state index in [-0.39, 0.29) is 22.2 Å². The lowest BCUT2D eigenvalue weighted by Crippen LogP contribution is -2.52. The minimum atomic E-state index is -0.143. The molecule has 0 radical (unpaired) electrons. The Kier molecular flexibility index (Phi) is 8.06. The Bertz CT molecular complexity index is 267. The van der Waals surface area contributed by atoms with Gasteiger partial charge in [-0.05, 0) is 46.3 Å². The monoisotopic (exact) mass is 288 g/mol. The van der Waals surface area contributed by atoms with Crippen LogP contribution in [0.2, 0.25) is 0 Å². The first kappa shape index (κ1) is 18.8. The molecule has 0 aliphatic rings. The number of thioether (sulfide) groups is 1. The lowest BCUT2D eigenvalue weighted by atomic mass is 10.0. The number of hydrogen-bond acceptors (Lipinski definition) is 3. The van der Waals surface area contributed by atoms with E-state index >= 15 is 0 Å². The molecule has 0 aliphatic heterocycles. The lowest BCUT2D eigenvalue weighted by molar-refractivity contribution is -0.124. The van der Waals surface area contributed by atoms with Crippen LogP contribution < -0.4 is 10.6 Å². The van der Waals surface area contributed by atoms with Gasteiger partial charge in [-0.25, -0.2) is 0 Å². The van der Waals surface area contributed by atoms with E-state index in [0.717, 1.165) is 25.8 Å². The van der Waals surface area contributed by atoms with Crippen molar-refractivity contribution >= 4 is 17.7 Å². The van der Waals surface area contributed by atoms with Gasteiger partial charge in [0.15, 0.2) is 0 Å². The van der Waals surface area contributed by atoms with Crippen molar-refractivity contribution in [3.63, 3.8) is 0 Å². The van der Waals surface area contributed by atoms with Crippen LogP contribution in [-0.2, 0) is 4.79 Å². The van der Waals surface area contributed by atoms with Gasteiger partial charge in [0.2, 0.25) is 5.91 Å². The smallest absolute Gasteiger partial charge is 0.237 e. The standard InChI is InChI=1S/C15H32N2OS/c1-8-14(5,6)17-13(18)12(4)16-11-15(9-2,10-3)19-7/h12,16H,8-11H2,1-7H3,(H,17,18). The van der Waals surface area contributed by atoms with Crippen LogP contribution in [-0.4, -0.2) is 35.0 Å². The normalized spacial score (nSPS) is 14.3. The molecular weight excluding hydrogens is 256 g/mol. The Morgan fingerprint density at radius 2 is 1.68 bits per heavy atom. The number of nitrogens with one attached hydrogen (secondary N) is 2. The Balaban J connectivity index is 4.38. The maximum Gasteiger partial charge on any atom is 0.237 e. The molecule has 0 rings (SSSR count). The Labute approximate surface area is 123 Å². The molecule has 4 heteroatoms. The SMILES string of the molecule is CCC(C)(C)NC(=O)C(C)NCC(CC)(CC)SC. The van der Waals surface area contributed by atoms with Gasteiger partial charge in [-0.1, -0.05) is 20.8 Å². The lowest BCUT2D eigenvalue weighted by Gasteiger charge is -2.32. The predicted octanol–water partition coefficient (Wildman–Crippen LogP) is 3.19. The molecule has 19 heavy (non-hydrogen) atoms. The van der Waals surface area contributed by atoms with E-state index in [1.165, 1.54) is 0 Å². The van der Waals surface area contributed by atoms with Crippen molar-refractivity contribution in [1.82, 2.24) is 10.6 Å². The zero-order valence-corrected chi connectivity index (χ0v) is 14.5.